The van der Waals surface area contributed by atoms with Gasteiger partial charge in [-0.1, -0.05) is 6.92 Å². The van der Waals surface area contributed by atoms with Crippen LogP contribution in [0.1, 0.15) is 26.2 Å². The van der Waals surface area contributed by atoms with Crippen molar-refractivity contribution in [3.05, 3.63) is 20.8 Å². The van der Waals surface area contributed by atoms with E-state index in [9.17, 15) is 9.59 Å². The Morgan fingerprint density at radius 1 is 1.39 bits per heavy atom. The smallest absolute Gasteiger partial charge is 0.332 e. The van der Waals surface area contributed by atoms with E-state index < -0.39 is 0 Å². The predicted molar refractivity (Wildman–Crippen MR) is 71.9 cm³/mol. The molecule has 6 nitrogen and oxygen atoms in total. The number of rotatable bonds is 5. The Balaban J connectivity index is 2.42. The third-order valence-electron chi connectivity index (χ3n) is 3.29. The van der Waals surface area contributed by atoms with Crippen LogP contribution in [0.25, 0.3) is 0 Å². The Kier molecular flexibility index (Phi) is 3.45. The molecule has 1 aliphatic rings. The largest absolute Gasteiger partial charge is 0.383 e. The van der Waals surface area contributed by atoms with E-state index in [0.717, 1.165) is 17.5 Å². The van der Waals surface area contributed by atoms with Crippen LogP contribution in [-0.4, -0.2) is 15.7 Å². The van der Waals surface area contributed by atoms with E-state index >= 15 is 0 Å². The number of hydrogen-bond acceptors (Lipinski definition) is 4. The van der Waals surface area contributed by atoms with Crippen molar-refractivity contribution in [3.63, 3.8) is 0 Å². The van der Waals surface area contributed by atoms with E-state index in [4.69, 9.17) is 5.73 Å². The Bertz CT molecular complexity index is 554. The molecule has 2 rings (SSSR count). The zero-order chi connectivity index (χ0) is 13.3. The first-order valence-corrected chi connectivity index (χ1v) is 6.39. The maximum atomic E-state index is 12.0. The molecule has 1 aliphatic carbocycles. The molecule has 0 amide bonds. The van der Waals surface area contributed by atoms with Crippen LogP contribution in [0.3, 0.4) is 0 Å². The molecular weight excluding hydrogens is 232 g/mol. The van der Waals surface area contributed by atoms with Crippen molar-refractivity contribution in [2.24, 2.45) is 13.0 Å². The number of aromatic nitrogens is 2. The van der Waals surface area contributed by atoms with E-state index in [1.54, 1.807) is 0 Å². The van der Waals surface area contributed by atoms with Crippen molar-refractivity contribution in [3.8, 4) is 0 Å². The third kappa shape index (κ3) is 2.27. The highest BCUT2D eigenvalue weighted by molar-refractivity contribution is 5.60. The molecule has 0 atom stereocenters. The Hall–Kier alpha value is -1.72. The molecule has 0 spiro atoms. The van der Waals surface area contributed by atoms with Crippen LogP contribution in [0, 0.1) is 5.92 Å². The molecule has 3 N–H and O–H groups in total. The average molecular weight is 252 g/mol. The second-order valence-corrected chi connectivity index (χ2v) is 4.88. The van der Waals surface area contributed by atoms with Gasteiger partial charge in [-0.3, -0.25) is 13.9 Å². The molecule has 1 fully saturated rings. The van der Waals surface area contributed by atoms with E-state index in [2.05, 4.69) is 5.32 Å². The average Bonchev–Trinajstić information content (AvgIpc) is 3.16. The molecule has 0 bridgehead atoms. The molecule has 0 aliphatic heterocycles. The number of nitrogens with zero attached hydrogens (tertiary/aromatic N) is 2. The zero-order valence-electron chi connectivity index (χ0n) is 10.9. The number of nitrogens with two attached hydrogens (primary N) is 1. The van der Waals surface area contributed by atoms with Crippen LogP contribution in [0.5, 0.6) is 0 Å². The summed E-state index contributed by atoms with van der Waals surface area (Å²) in [5.41, 5.74) is 5.60. The number of nitrogens with one attached hydrogen (secondary N) is 1. The molecule has 0 saturated heterocycles. The molecule has 1 saturated carbocycles. The topological polar surface area (TPSA) is 82.0 Å². The van der Waals surface area contributed by atoms with Gasteiger partial charge < -0.3 is 11.1 Å². The lowest BCUT2D eigenvalue weighted by Crippen LogP contribution is -2.41. The van der Waals surface area contributed by atoms with E-state index in [-0.39, 0.29) is 17.1 Å². The summed E-state index contributed by atoms with van der Waals surface area (Å²) in [6.07, 6.45) is 3.19. The first-order valence-electron chi connectivity index (χ1n) is 6.39. The van der Waals surface area contributed by atoms with E-state index in [1.165, 1.54) is 24.5 Å². The van der Waals surface area contributed by atoms with Gasteiger partial charge in [-0.15, -0.1) is 0 Å². The highest BCUT2D eigenvalue weighted by Crippen LogP contribution is 2.29. The lowest BCUT2D eigenvalue weighted by molar-refractivity contribution is 0.600. The molecule has 1 aromatic rings. The lowest BCUT2D eigenvalue weighted by atomic mass is 10.3. The monoisotopic (exact) mass is 252 g/mol. The predicted octanol–water partition coefficient (Wildman–Crippen LogP) is 0.361. The summed E-state index contributed by atoms with van der Waals surface area (Å²) in [5.74, 6) is 0.895. The van der Waals surface area contributed by atoms with Gasteiger partial charge in [-0.2, -0.15) is 0 Å². The molecule has 0 aromatic carbocycles. The fourth-order valence-corrected chi connectivity index (χ4v) is 1.96. The fourth-order valence-electron chi connectivity index (χ4n) is 1.96. The minimum atomic E-state index is -0.351. The summed E-state index contributed by atoms with van der Waals surface area (Å²) < 4.78 is 2.57. The van der Waals surface area contributed by atoms with Gasteiger partial charge in [0.1, 0.15) is 11.5 Å². The summed E-state index contributed by atoms with van der Waals surface area (Å²) in [4.78, 5) is 23.9. The number of hydrogen-bond donors (Lipinski definition) is 2. The second-order valence-electron chi connectivity index (χ2n) is 4.88. The first kappa shape index (κ1) is 12.7. The summed E-state index contributed by atoms with van der Waals surface area (Å²) >= 11 is 0. The lowest BCUT2D eigenvalue weighted by Gasteiger charge is -2.15. The fraction of sp³-hybridized carbons (Fsp3) is 0.667. The van der Waals surface area contributed by atoms with Gasteiger partial charge >= 0.3 is 5.69 Å². The highest BCUT2D eigenvalue weighted by atomic mass is 16.2. The zero-order valence-corrected chi connectivity index (χ0v) is 10.9. The van der Waals surface area contributed by atoms with Gasteiger partial charge in [-0.25, -0.2) is 4.79 Å². The third-order valence-corrected chi connectivity index (χ3v) is 3.29. The molecule has 18 heavy (non-hydrogen) atoms. The molecule has 0 radical (unpaired) electrons. The summed E-state index contributed by atoms with van der Waals surface area (Å²) in [6.45, 7) is 3.24. The SMILES string of the molecule is CCCn1c(N)c(NCC2CC2)c(=O)n(C)c1=O. The van der Waals surface area contributed by atoms with E-state index in [1.807, 2.05) is 6.92 Å². The maximum absolute atomic E-state index is 12.0. The molecule has 1 heterocycles. The van der Waals surface area contributed by atoms with Gasteiger partial charge in [0.2, 0.25) is 0 Å². The van der Waals surface area contributed by atoms with Crippen molar-refractivity contribution in [1.29, 1.82) is 0 Å². The minimum absolute atomic E-state index is 0.255. The van der Waals surface area contributed by atoms with Crippen LogP contribution in [0.2, 0.25) is 0 Å². The van der Waals surface area contributed by atoms with Gasteiger partial charge in [0.15, 0.2) is 0 Å². The standard InChI is InChI=1S/C12H20N4O2/c1-3-6-16-10(13)9(14-7-8-4-5-8)11(17)15(2)12(16)18/h8,14H,3-7,13H2,1-2H3. The Labute approximate surface area is 105 Å². The number of nitrogen functional groups attached to an aromatic ring is 1. The van der Waals surface area contributed by atoms with Crippen molar-refractivity contribution in [2.45, 2.75) is 32.7 Å². The van der Waals surface area contributed by atoms with Crippen molar-refractivity contribution < 1.29 is 0 Å². The van der Waals surface area contributed by atoms with Gasteiger partial charge in [0, 0.05) is 20.1 Å². The summed E-state index contributed by atoms with van der Waals surface area (Å²) in [5, 5.41) is 3.09. The van der Waals surface area contributed by atoms with Crippen LogP contribution in [-0.2, 0) is 13.6 Å². The Morgan fingerprint density at radius 2 is 2.06 bits per heavy atom. The normalized spacial score (nSPS) is 14.8. The van der Waals surface area contributed by atoms with Crippen LogP contribution in [0.15, 0.2) is 9.59 Å². The Morgan fingerprint density at radius 3 is 2.61 bits per heavy atom. The quantitative estimate of drug-likeness (QED) is 0.792. The van der Waals surface area contributed by atoms with Crippen LogP contribution >= 0.6 is 0 Å². The highest BCUT2D eigenvalue weighted by Gasteiger charge is 2.22. The van der Waals surface area contributed by atoms with Crippen LogP contribution in [0.4, 0.5) is 11.5 Å². The second kappa shape index (κ2) is 4.88. The summed E-state index contributed by atoms with van der Waals surface area (Å²) in [6, 6.07) is 0. The molecule has 6 heteroatoms. The van der Waals surface area contributed by atoms with Crippen molar-refractivity contribution in [1.82, 2.24) is 9.13 Å². The van der Waals surface area contributed by atoms with Crippen molar-refractivity contribution in [2.75, 3.05) is 17.6 Å². The van der Waals surface area contributed by atoms with Gasteiger partial charge in [-0.05, 0) is 25.2 Å². The number of anilines is 2. The molecular formula is C12H20N4O2. The molecule has 0 unspecified atom stereocenters. The minimum Gasteiger partial charge on any atom is -0.383 e. The van der Waals surface area contributed by atoms with E-state index in [0.29, 0.717) is 18.2 Å². The molecule has 100 valence electrons. The molecule has 1 aromatic heterocycles. The summed E-state index contributed by atoms with van der Waals surface area (Å²) in [7, 11) is 1.48. The van der Waals surface area contributed by atoms with Gasteiger partial charge in [0.05, 0.1) is 0 Å². The first-order chi connectivity index (χ1) is 8.56. The van der Waals surface area contributed by atoms with Crippen molar-refractivity contribution >= 4 is 11.5 Å². The van der Waals surface area contributed by atoms with Gasteiger partial charge in [0.25, 0.3) is 5.56 Å². The maximum Gasteiger partial charge on any atom is 0.332 e. The van der Waals surface area contributed by atoms with Crippen LogP contribution < -0.4 is 22.3 Å².